The lowest BCUT2D eigenvalue weighted by Crippen LogP contribution is -1.97. The monoisotopic (exact) mass is 338 g/mol. The van der Waals surface area contributed by atoms with Gasteiger partial charge in [0, 0.05) is 18.2 Å². The Morgan fingerprint density at radius 1 is 0.880 bits per heavy atom. The Labute approximate surface area is 144 Å². The van der Waals surface area contributed by atoms with Crippen molar-refractivity contribution >= 4 is 11.9 Å². The van der Waals surface area contributed by atoms with E-state index in [1.54, 1.807) is 6.21 Å². The van der Waals surface area contributed by atoms with Gasteiger partial charge in [-0.1, -0.05) is 42.5 Å². The van der Waals surface area contributed by atoms with Crippen LogP contribution in [0.4, 0.5) is 14.5 Å². The molecular weight excluding hydrogens is 322 g/mol. The SMILES string of the molecule is Fc1cc(F)cc(OCc2ccc(C=NNc3ccccc3)cc2)c1. The summed E-state index contributed by atoms with van der Waals surface area (Å²) in [4.78, 5) is 0. The molecule has 0 bridgehead atoms. The normalized spacial score (nSPS) is 10.8. The van der Waals surface area contributed by atoms with E-state index in [9.17, 15) is 8.78 Å². The Hall–Kier alpha value is -3.21. The van der Waals surface area contributed by atoms with E-state index in [4.69, 9.17) is 4.74 Å². The third kappa shape index (κ3) is 5.14. The largest absolute Gasteiger partial charge is 0.489 e. The highest BCUT2D eigenvalue weighted by Gasteiger charge is 2.02. The predicted octanol–water partition coefficient (Wildman–Crippen LogP) is 4.99. The number of hydrogen-bond donors (Lipinski definition) is 1. The van der Waals surface area contributed by atoms with Gasteiger partial charge in [0.2, 0.25) is 0 Å². The van der Waals surface area contributed by atoms with E-state index >= 15 is 0 Å². The molecule has 0 aliphatic rings. The molecular formula is C20H16F2N2O. The van der Waals surface area contributed by atoms with Crippen molar-refractivity contribution in [3.63, 3.8) is 0 Å². The number of benzene rings is 3. The van der Waals surface area contributed by atoms with Gasteiger partial charge in [-0.2, -0.15) is 5.10 Å². The summed E-state index contributed by atoms with van der Waals surface area (Å²) in [5.74, 6) is -1.16. The molecule has 0 heterocycles. The highest BCUT2D eigenvalue weighted by molar-refractivity contribution is 5.80. The molecule has 3 nitrogen and oxygen atoms in total. The van der Waals surface area contributed by atoms with Crippen LogP contribution < -0.4 is 10.2 Å². The average Bonchev–Trinajstić information content (AvgIpc) is 2.61. The second-order valence-corrected chi connectivity index (χ2v) is 5.37. The van der Waals surface area contributed by atoms with Gasteiger partial charge in [-0.05, 0) is 23.3 Å². The molecule has 3 aromatic rings. The minimum absolute atomic E-state index is 0.162. The Balaban J connectivity index is 1.55. The van der Waals surface area contributed by atoms with Gasteiger partial charge in [0.05, 0.1) is 11.9 Å². The minimum Gasteiger partial charge on any atom is -0.489 e. The summed E-state index contributed by atoms with van der Waals surface area (Å²) in [6.07, 6.45) is 1.71. The van der Waals surface area contributed by atoms with Crippen LogP contribution in [0, 0.1) is 11.6 Å². The number of nitrogens with one attached hydrogen (secondary N) is 1. The van der Waals surface area contributed by atoms with Crippen LogP contribution in [-0.4, -0.2) is 6.21 Å². The van der Waals surface area contributed by atoms with Crippen molar-refractivity contribution < 1.29 is 13.5 Å². The van der Waals surface area contributed by atoms with E-state index < -0.39 is 11.6 Å². The summed E-state index contributed by atoms with van der Waals surface area (Å²) in [7, 11) is 0. The fourth-order valence-corrected chi connectivity index (χ4v) is 2.17. The van der Waals surface area contributed by atoms with Crippen molar-refractivity contribution in [2.24, 2.45) is 5.10 Å². The fourth-order valence-electron chi connectivity index (χ4n) is 2.17. The molecule has 0 spiro atoms. The van der Waals surface area contributed by atoms with Gasteiger partial charge in [-0.15, -0.1) is 0 Å². The van der Waals surface area contributed by atoms with Crippen LogP contribution in [0.15, 0.2) is 77.9 Å². The third-order valence-corrected chi connectivity index (χ3v) is 3.40. The number of hydrazone groups is 1. The first-order valence-electron chi connectivity index (χ1n) is 7.71. The highest BCUT2D eigenvalue weighted by Crippen LogP contribution is 2.17. The Morgan fingerprint density at radius 3 is 2.24 bits per heavy atom. The van der Waals surface area contributed by atoms with E-state index in [0.717, 1.165) is 35.0 Å². The van der Waals surface area contributed by atoms with Gasteiger partial charge >= 0.3 is 0 Å². The van der Waals surface area contributed by atoms with Crippen molar-refractivity contribution in [3.05, 3.63) is 95.6 Å². The van der Waals surface area contributed by atoms with Crippen LogP contribution in [0.1, 0.15) is 11.1 Å². The quantitative estimate of drug-likeness (QED) is 0.507. The van der Waals surface area contributed by atoms with Crippen molar-refractivity contribution in [2.75, 3.05) is 5.43 Å². The van der Waals surface area contributed by atoms with E-state index in [2.05, 4.69) is 10.5 Å². The maximum absolute atomic E-state index is 13.1. The van der Waals surface area contributed by atoms with E-state index in [-0.39, 0.29) is 12.4 Å². The molecule has 0 aromatic heterocycles. The molecule has 0 aliphatic heterocycles. The Kier molecular flexibility index (Phi) is 5.36. The number of anilines is 1. The van der Waals surface area contributed by atoms with E-state index in [1.807, 2.05) is 54.6 Å². The zero-order valence-electron chi connectivity index (χ0n) is 13.3. The number of nitrogens with zero attached hydrogens (tertiary/aromatic N) is 1. The molecule has 25 heavy (non-hydrogen) atoms. The summed E-state index contributed by atoms with van der Waals surface area (Å²) in [6, 6.07) is 20.3. The predicted molar refractivity (Wildman–Crippen MR) is 94.8 cm³/mol. The molecule has 5 heteroatoms. The summed E-state index contributed by atoms with van der Waals surface area (Å²) in [5, 5.41) is 4.16. The average molecular weight is 338 g/mol. The van der Waals surface area contributed by atoms with Crippen molar-refractivity contribution in [1.82, 2.24) is 0 Å². The van der Waals surface area contributed by atoms with Crippen LogP contribution in [0.3, 0.4) is 0 Å². The van der Waals surface area contributed by atoms with Gasteiger partial charge in [0.1, 0.15) is 24.0 Å². The number of para-hydroxylation sites is 1. The van der Waals surface area contributed by atoms with Gasteiger partial charge in [0.15, 0.2) is 0 Å². The first kappa shape index (κ1) is 16.6. The molecule has 0 fully saturated rings. The van der Waals surface area contributed by atoms with Crippen molar-refractivity contribution in [2.45, 2.75) is 6.61 Å². The zero-order chi connectivity index (χ0) is 17.5. The molecule has 0 unspecified atom stereocenters. The van der Waals surface area contributed by atoms with Crippen molar-refractivity contribution in [1.29, 1.82) is 0 Å². The smallest absolute Gasteiger partial charge is 0.129 e. The third-order valence-electron chi connectivity index (χ3n) is 3.40. The Bertz CT molecular complexity index is 829. The lowest BCUT2D eigenvalue weighted by Gasteiger charge is -2.07. The number of rotatable bonds is 6. The molecule has 0 saturated heterocycles. The molecule has 0 radical (unpaired) electrons. The minimum atomic E-state index is -0.660. The highest BCUT2D eigenvalue weighted by atomic mass is 19.1. The Morgan fingerprint density at radius 2 is 1.56 bits per heavy atom. The zero-order valence-corrected chi connectivity index (χ0v) is 13.3. The molecule has 0 saturated carbocycles. The van der Waals surface area contributed by atoms with Crippen LogP contribution in [0.25, 0.3) is 0 Å². The van der Waals surface area contributed by atoms with Crippen LogP contribution >= 0.6 is 0 Å². The standard InChI is InChI=1S/C20H16F2N2O/c21-17-10-18(22)12-20(11-17)25-14-16-8-6-15(7-9-16)13-23-24-19-4-2-1-3-5-19/h1-13,24H,14H2. The van der Waals surface area contributed by atoms with E-state index in [1.165, 1.54) is 0 Å². The van der Waals surface area contributed by atoms with Gasteiger partial charge < -0.3 is 4.74 Å². The summed E-state index contributed by atoms with van der Waals surface area (Å²) in [5.41, 5.74) is 5.65. The number of hydrogen-bond acceptors (Lipinski definition) is 3. The second kappa shape index (κ2) is 8.06. The van der Waals surface area contributed by atoms with Crippen LogP contribution in [0.5, 0.6) is 5.75 Å². The molecule has 3 rings (SSSR count). The lowest BCUT2D eigenvalue weighted by molar-refractivity contribution is 0.302. The summed E-state index contributed by atoms with van der Waals surface area (Å²) < 4.78 is 31.6. The summed E-state index contributed by atoms with van der Waals surface area (Å²) in [6.45, 7) is 0.225. The first-order chi connectivity index (χ1) is 12.2. The second-order valence-electron chi connectivity index (χ2n) is 5.37. The van der Waals surface area contributed by atoms with Gasteiger partial charge in [-0.3, -0.25) is 5.43 Å². The van der Waals surface area contributed by atoms with Crippen molar-refractivity contribution in [3.8, 4) is 5.75 Å². The molecule has 1 N–H and O–H groups in total. The van der Waals surface area contributed by atoms with Gasteiger partial charge in [0.25, 0.3) is 0 Å². The first-order valence-corrected chi connectivity index (χ1v) is 7.71. The lowest BCUT2D eigenvalue weighted by atomic mass is 10.1. The molecule has 3 aromatic carbocycles. The molecule has 0 atom stereocenters. The fraction of sp³-hybridized carbons (Fsp3) is 0.0500. The maximum atomic E-state index is 13.1. The number of ether oxygens (including phenoxy) is 1. The number of halogens is 2. The summed E-state index contributed by atoms with van der Waals surface area (Å²) >= 11 is 0. The van der Waals surface area contributed by atoms with Crippen LogP contribution in [0.2, 0.25) is 0 Å². The molecule has 126 valence electrons. The molecule has 0 amide bonds. The topological polar surface area (TPSA) is 33.6 Å². The maximum Gasteiger partial charge on any atom is 0.129 e. The van der Waals surface area contributed by atoms with E-state index in [0.29, 0.717) is 0 Å². The van der Waals surface area contributed by atoms with Gasteiger partial charge in [-0.25, -0.2) is 8.78 Å². The van der Waals surface area contributed by atoms with Crippen LogP contribution in [-0.2, 0) is 6.61 Å². The molecule has 0 aliphatic carbocycles.